The molecular formula is C19H21Cl2N3O2. The Morgan fingerprint density at radius 2 is 1.62 bits per heavy atom. The quantitative estimate of drug-likeness (QED) is 0.720. The van der Waals surface area contributed by atoms with Crippen molar-refractivity contribution in [2.45, 2.75) is 13.0 Å². The van der Waals surface area contributed by atoms with Gasteiger partial charge in [-0.15, -0.1) is 0 Å². The van der Waals surface area contributed by atoms with Crippen LogP contribution in [-0.4, -0.2) is 36.9 Å². The van der Waals surface area contributed by atoms with Gasteiger partial charge in [-0.25, -0.2) is 0 Å². The Morgan fingerprint density at radius 1 is 0.962 bits per heavy atom. The van der Waals surface area contributed by atoms with Crippen LogP contribution >= 0.6 is 23.2 Å². The van der Waals surface area contributed by atoms with Crippen molar-refractivity contribution >= 4 is 40.7 Å². The molecule has 0 saturated carbocycles. The van der Waals surface area contributed by atoms with Gasteiger partial charge in [0.1, 0.15) is 0 Å². The third-order valence-electron chi connectivity index (χ3n) is 3.72. The van der Waals surface area contributed by atoms with E-state index < -0.39 is 0 Å². The van der Waals surface area contributed by atoms with E-state index in [9.17, 15) is 9.59 Å². The lowest BCUT2D eigenvalue weighted by Gasteiger charge is -2.16. The fraction of sp³-hybridized carbons (Fsp3) is 0.263. The number of carbonyl (C=O) groups excluding carboxylic acids is 2. The zero-order chi connectivity index (χ0) is 18.9. The van der Waals surface area contributed by atoms with Crippen LogP contribution in [0.1, 0.15) is 12.0 Å². The van der Waals surface area contributed by atoms with Crippen LogP contribution < -0.4 is 10.6 Å². The van der Waals surface area contributed by atoms with Crippen LogP contribution in [0.3, 0.4) is 0 Å². The molecule has 2 aromatic rings. The largest absolute Gasteiger partial charge is 0.352 e. The van der Waals surface area contributed by atoms with Crippen molar-refractivity contribution in [2.75, 3.05) is 25.5 Å². The molecule has 2 rings (SSSR count). The normalized spacial score (nSPS) is 10.6. The maximum absolute atomic E-state index is 12.0. The van der Waals surface area contributed by atoms with Crippen LogP contribution in [0.5, 0.6) is 0 Å². The van der Waals surface area contributed by atoms with E-state index in [2.05, 4.69) is 10.6 Å². The molecule has 7 heteroatoms. The van der Waals surface area contributed by atoms with E-state index in [4.69, 9.17) is 23.2 Å². The first-order valence-corrected chi connectivity index (χ1v) is 8.94. The molecule has 0 aromatic heterocycles. The molecule has 0 fully saturated rings. The number of carbonyl (C=O) groups is 2. The van der Waals surface area contributed by atoms with Gasteiger partial charge in [0.15, 0.2) is 0 Å². The number of amides is 2. The lowest BCUT2D eigenvalue weighted by atomic mass is 10.2. The summed E-state index contributed by atoms with van der Waals surface area (Å²) in [4.78, 5) is 25.8. The molecule has 0 bridgehead atoms. The number of benzene rings is 2. The fourth-order valence-corrected chi connectivity index (χ4v) is 2.68. The van der Waals surface area contributed by atoms with E-state index in [1.165, 1.54) is 0 Å². The van der Waals surface area contributed by atoms with Crippen LogP contribution in [-0.2, 0) is 16.1 Å². The smallest absolute Gasteiger partial charge is 0.238 e. The zero-order valence-corrected chi connectivity index (χ0v) is 16.0. The van der Waals surface area contributed by atoms with E-state index in [0.29, 0.717) is 35.2 Å². The predicted molar refractivity (Wildman–Crippen MR) is 105 cm³/mol. The number of hydrogen-bond donors (Lipinski definition) is 2. The van der Waals surface area contributed by atoms with E-state index in [1.807, 2.05) is 18.2 Å². The van der Waals surface area contributed by atoms with E-state index in [0.717, 1.165) is 5.56 Å². The third-order valence-corrected chi connectivity index (χ3v) is 4.41. The van der Waals surface area contributed by atoms with Gasteiger partial charge in [0.2, 0.25) is 11.8 Å². The van der Waals surface area contributed by atoms with Gasteiger partial charge in [-0.3, -0.25) is 14.5 Å². The zero-order valence-electron chi connectivity index (χ0n) is 14.5. The summed E-state index contributed by atoms with van der Waals surface area (Å²) in [5.41, 5.74) is 1.44. The molecule has 0 aliphatic carbocycles. The van der Waals surface area contributed by atoms with Gasteiger partial charge in [0.05, 0.1) is 17.3 Å². The number of para-hydroxylation sites is 1. The van der Waals surface area contributed by atoms with Crippen LogP contribution in [0, 0.1) is 0 Å². The van der Waals surface area contributed by atoms with Crippen LogP contribution in [0.2, 0.25) is 10.0 Å². The molecule has 0 aliphatic heterocycles. The number of halogens is 2. The highest BCUT2D eigenvalue weighted by Crippen LogP contribution is 2.20. The Morgan fingerprint density at radius 3 is 2.31 bits per heavy atom. The lowest BCUT2D eigenvalue weighted by Crippen LogP contribution is -2.33. The Labute approximate surface area is 163 Å². The van der Waals surface area contributed by atoms with Crippen LogP contribution in [0.15, 0.2) is 48.5 Å². The lowest BCUT2D eigenvalue weighted by molar-refractivity contribution is -0.122. The maximum Gasteiger partial charge on any atom is 0.238 e. The molecule has 0 radical (unpaired) electrons. The van der Waals surface area contributed by atoms with Crippen LogP contribution in [0.25, 0.3) is 0 Å². The van der Waals surface area contributed by atoms with Crippen molar-refractivity contribution in [1.82, 2.24) is 10.2 Å². The molecule has 2 aromatic carbocycles. The summed E-state index contributed by atoms with van der Waals surface area (Å²) in [5.74, 6) is -0.277. The molecule has 5 nitrogen and oxygen atoms in total. The van der Waals surface area contributed by atoms with Gasteiger partial charge in [-0.2, -0.15) is 0 Å². The second kappa shape index (κ2) is 10.2. The summed E-state index contributed by atoms with van der Waals surface area (Å²) in [7, 11) is 1.79. The minimum Gasteiger partial charge on any atom is -0.352 e. The summed E-state index contributed by atoms with van der Waals surface area (Å²) in [6.07, 6.45) is 0.292. The summed E-state index contributed by atoms with van der Waals surface area (Å²) in [5, 5.41) is 6.70. The second-order valence-electron chi connectivity index (χ2n) is 5.88. The third kappa shape index (κ3) is 6.67. The highest BCUT2D eigenvalue weighted by atomic mass is 35.5. The standard InChI is InChI=1S/C19H21Cl2N3O2/c1-24(13-19(26)23-17-9-5-4-8-16(17)21)11-10-18(25)22-12-14-6-2-3-7-15(14)20/h2-9H,10-13H2,1H3,(H,22,25)(H,23,26). The first-order valence-electron chi connectivity index (χ1n) is 8.18. The molecule has 0 spiro atoms. The minimum absolute atomic E-state index is 0.0942. The van der Waals surface area contributed by atoms with Gasteiger partial charge in [-0.1, -0.05) is 53.5 Å². The Bertz CT molecular complexity index is 768. The number of anilines is 1. The van der Waals surface area contributed by atoms with E-state index in [-0.39, 0.29) is 18.4 Å². The fourth-order valence-electron chi connectivity index (χ4n) is 2.29. The van der Waals surface area contributed by atoms with E-state index in [1.54, 1.807) is 42.3 Å². The predicted octanol–water partition coefficient (Wildman–Crippen LogP) is 3.57. The van der Waals surface area contributed by atoms with E-state index >= 15 is 0 Å². The van der Waals surface area contributed by atoms with Crippen molar-refractivity contribution in [3.63, 3.8) is 0 Å². The number of hydrogen-bond acceptors (Lipinski definition) is 3. The second-order valence-corrected chi connectivity index (χ2v) is 6.70. The molecule has 2 amide bonds. The molecule has 26 heavy (non-hydrogen) atoms. The summed E-state index contributed by atoms with van der Waals surface area (Å²) < 4.78 is 0. The van der Waals surface area contributed by atoms with Crippen LogP contribution in [0.4, 0.5) is 5.69 Å². The van der Waals surface area contributed by atoms with Crippen molar-refractivity contribution < 1.29 is 9.59 Å². The van der Waals surface area contributed by atoms with Crippen molar-refractivity contribution in [3.8, 4) is 0 Å². The highest BCUT2D eigenvalue weighted by molar-refractivity contribution is 6.33. The topological polar surface area (TPSA) is 61.4 Å². The first-order chi connectivity index (χ1) is 12.5. The number of nitrogens with zero attached hydrogens (tertiary/aromatic N) is 1. The van der Waals surface area contributed by atoms with Gasteiger partial charge < -0.3 is 10.6 Å². The monoisotopic (exact) mass is 393 g/mol. The summed E-state index contributed by atoms with van der Waals surface area (Å²) in [6.45, 7) is 1.02. The van der Waals surface area contributed by atoms with Gasteiger partial charge in [0.25, 0.3) is 0 Å². The molecular weight excluding hydrogens is 373 g/mol. The first kappa shape index (κ1) is 20.2. The van der Waals surface area contributed by atoms with Crippen molar-refractivity contribution in [3.05, 3.63) is 64.1 Å². The average Bonchev–Trinajstić information content (AvgIpc) is 2.61. The van der Waals surface area contributed by atoms with Crippen molar-refractivity contribution in [1.29, 1.82) is 0 Å². The molecule has 0 saturated heterocycles. The number of likely N-dealkylation sites (N-methyl/N-ethyl adjacent to an activating group) is 1. The Hall–Kier alpha value is -2.08. The summed E-state index contributed by atoms with van der Waals surface area (Å²) >= 11 is 12.1. The molecule has 2 N–H and O–H groups in total. The van der Waals surface area contributed by atoms with Gasteiger partial charge in [-0.05, 0) is 30.8 Å². The molecule has 138 valence electrons. The van der Waals surface area contributed by atoms with Crippen molar-refractivity contribution in [2.24, 2.45) is 0 Å². The molecule has 0 atom stereocenters. The average molecular weight is 394 g/mol. The molecule has 0 aliphatic rings. The SMILES string of the molecule is CN(CCC(=O)NCc1ccccc1Cl)CC(=O)Nc1ccccc1Cl. The summed E-state index contributed by atoms with van der Waals surface area (Å²) in [6, 6.07) is 14.4. The molecule has 0 heterocycles. The highest BCUT2D eigenvalue weighted by Gasteiger charge is 2.10. The minimum atomic E-state index is -0.183. The van der Waals surface area contributed by atoms with Gasteiger partial charge >= 0.3 is 0 Å². The maximum atomic E-state index is 12.0. The van der Waals surface area contributed by atoms with Gasteiger partial charge in [0, 0.05) is 24.5 Å². The Kier molecular flexibility index (Phi) is 7.91. The molecule has 0 unspecified atom stereocenters. The number of nitrogens with one attached hydrogen (secondary N) is 2. The Balaban J connectivity index is 1.70. The number of rotatable bonds is 8.